The summed E-state index contributed by atoms with van der Waals surface area (Å²) < 4.78 is 5.45. The Bertz CT molecular complexity index is 425. The van der Waals surface area contributed by atoms with Gasteiger partial charge in [0.1, 0.15) is 0 Å². The summed E-state index contributed by atoms with van der Waals surface area (Å²) in [6.45, 7) is 6.51. The Kier molecular flexibility index (Phi) is 5.52. The number of hydrogen-bond donors (Lipinski definition) is 2. The van der Waals surface area contributed by atoms with Gasteiger partial charge in [0, 0.05) is 26.2 Å². The third-order valence-electron chi connectivity index (χ3n) is 3.74. The van der Waals surface area contributed by atoms with Crippen LogP contribution < -0.4 is 11.3 Å². The van der Waals surface area contributed by atoms with Crippen LogP contribution in [-0.4, -0.2) is 37.1 Å². The Morgan fingerprint density at radius 3 is 2.80 bits per heavy atom. The first-order chi connectivity index (χ1) is 9.70. The van der Waals surface area contributed by atoms with E-state index in [0.29, 0.717) is 0 Å². The Balaban J connectivity index is 1.95. The number of hydrazine groups is 1. The second-order valence-electron chi connectivity index (χ2n) is 5.21. The number of carbonyl (C=O) groups is 1. The second kappa shape index (κ2) is 7.38. The molecule has 1 unspecified atom stereocenters. The monoisotopic (exact) mass is 277 g/mol. The van der Waals surface area contributed by atoms with Gasteiger partial charge in [-0.2, -0.15) is 0 Å². The molecule has 0 spiro atoms. The minimum atomic E-state index is -0.222. The zero-order chi connectivity index (χ0) is 14.4. The lowest BCUT2D eigenvalue weighted by Gasteiger charge is -2.19. The normalized spacial score (nSPS) is 18.3. The molecule has 1 heterocycles. The molecule has 3 N–H and O–H groups in total. The molecule has 0 saturated carbocycles. The van der Waals surface area contributed by atoms with Crippen molar-refractivity contribution in [3.8, 4) is 0 Å². The lowest BCUT2D eigenvalue weighted by Crippen LogP contribution is -2.33. The highest BCUT2D eigenvalue weighted by Gasteiger charge is 2.14. The van der Waals surface area contributed by atoms with Crippen LogP contribution >= 0.6 is 0 Å². The second-order valence-corrected chi connectivity index (χ2v) is 5.21. The van der Waals surface area contributed by atoms with Gasteiger partial charge in [0.2, 0.25) is 5.91 Å². The summed E-state index contributed by atoms with van der Waals surface area (Å²) >= 11 is 0. The lowest BCUT2D eigenvalue weighted by molar-refractivity contribution is -0.122. The maximum Gasteiger partial charge on any atom is 0.241 e. The molecule has 1 atom stereocenters. The average Bonchev–Trinajstić information content (AvgIpc) is 2.75. The zero-order valence-corrected chi connectivity index (χ0v) is 12.0. The van der Waals surface area contributed by atoms with Gasteiger partial charge in [0.15, 0.2) is 0 Å². The van der Waals surface area contributed by atoms with Gasteiger partial charge in [-0.15, -0.1) is 0 Å². The summed E-state index contributed by atoms with van der Waals surface area (Å²) in [4.78, 5) is 13.9. The first kappa shape index (κ1) is 15.0. The number of benzene rings is 1. The molecule has 1 aliphatic heterocycles. The van der Waals surface area contributed by atoms with Gasteiger partial charge in [0.25, 0.3) is 0 Å². The predicted octanol–water partition coefficient (Wildman–Crippen LogP) is 1.00. The number of ether oxygens (including phenoxy) is 1. The first-order valence-electron chi connectivity index (χ1n) is 7.10. The Hall–Kier alpha value is -1.43. The summed E-state index contributed by atoms with van der Waals surface area (Å²) in [5.41, 5.74) is 4.43. The van der Waals surface area contributed by atoms with Crippen LogP contribution in [0.4, 0.5) is 0 Å². The van der Waals surface area contributed by atoms with Crippen LogP contribution in [0.15, 0.2) is 24.3 Å². The number of hydrogen-bond acceptors (Lipinski definition) is 4. The van der Waals surface area contributed by atoms with Gasteiger partial charge >= 0.3 is 0 Å². The highest BCUT2D eigenvalue weighted by Crippen LogP contribution is 2.17. The van der Waals surface area contributed by atoms with Crippen LogP contribution in [0.3, 0.4) is 0 Å². The maximum atomic E-state index is 11.5. The minimum absolute atomic E-state index is 0.164. The van der Waals surface area contributed by atoms with Crippen molar-refractivity contribution in [2.24, 2.45) is 5.84 Å². The largest absolute Gasteiger partial charge is 0.380 e. The molecule has 5 nitrogen and oxygen atoms in total. The summed E-state index contributed by atoms with van der Waals surface area (Å²) in [7, 11) is 0. The van der Waals surface area contributed by atoms with E-state index in [0.717, 1.165) is 44.8 Å². The zero-order valence-electron chi connectivity index (χ0n) is 12.0. The van der Waals surface area contributed by atoms with Crippen molar-refractivity contribution >= 4 is 5.91 Å². The fourth-order valence-corrected chi connectivity index (χ4v) is 2.40. The highest BCUT2D eigenvalue weighted by atomic mass is 16.5. The molecule has 0 bridgehead atoms. The van der Waals surface area contributed by atoms with E-state index in [4.69, 9.17) is 10.6 Å². The van der Waals surface area contributed by atoms with Crippen molar-refractivity contribution in [3.05, 3.63) is 35.4 Å². The van der Waals surface area contributed by atoms with Crippen molar-refractivity contribution < 1.29 is 9.53 Å². The molecule has 20 heavy (non-hydrogen) atoms. The average molecular weight is 277 g/mol. The molecule has 0 radical (unpaired) electrons. The number of amides is 1. The fraction of sp³-hybridized carbons (Fsp3) is 0.533. The van der Waals surface area contributed by atoms with Crippen LogP contribution in [0.1, 0.15) is 30.4 Å². The molecule has 1 saturated heterocycles. The maximum absolute atomic E-state index is 11.5. The quantitative estimate of drug-likeness (QED) is 0.489. The molecule has 1 fully saturated rings. The lowest BCUT2D eigenvalue weighted by atomic mass is 9.99. The van der Waals surface area contributed by atoms with Gasteiger partial charge in [-0.1, -0.05) is 24.3 Å². The molecule has 1 aromatic rings. The van der Waals surface area contributed by atoms with E-state index in [1.807, 2.05) is 19.1 Å². The summed E-state index contributed by atoms with van der Waals surface area (Å²) in [6, 6.07) is 8.18. The molecule has 0 aliphatic carbocycles. The van der Waals surface area contributed by atoms with Crippen LogP contribution in [0.5, 0.6) is 0 Å². The minimum Gasteiger partial charge on any atom is -0.380 e. The van der Waals surface area contributed by atoms with Gasteiger partial charge in [-0.3, -0.25) is 15.1 Å². The van der Waals surface area contributed by atoms with E-state index in [9.17, 15) is 4.79 Å². The van der Waals surface area contributed by atoms with Crippen molar-refractivity contribution in [1.29, 1.82) is 0 Å². The Morgan fingerprint density at radius 1 is 1.35 bits per heavy atom. The molecule has 110 valence electrons. The first-order valence-corrected chi connectivity index (χ1v) is 7.10. The summed E-state index contributed by atoms with van der Waals surface area (Å²) in [5.74, 6) is 4.77. The molecule has 1 aliphatic rings. The van der Waals surface area contributed by atoms with Crippen LogP contribution in [0, 0.1) is 0 Å². The van der Waals surface area contributed by atoms with Crippen LogP contribution in [-0.2, 0) is 16.1 Å². The molecule has 2 rings (SSSR count). The van der Waals surface area contributed by atoms with E-state index in [2.05, 4.69) is 22.5 Å². The van der Waals surface area contributed by atoms with E-state index >= 15 is 0 Å². The van der Waals surface area contributed by atoms with Crippen molar-refractivity contribution in [3.63, 3.8) is 0 Å². The van der Waals surface area contributed by atoms with Crippen molar-refractivity contribution in [2.45, 2.75) is 25.8 Å². The van der Waals surface area contributed by atoms with Crippen molar-refractivity contribution in [1.82, 2.24) is 10.3 Å². The van der Waals surface area contributed by atoms with Gasteiger partial charge in [-0.25, -0.2) is 5.84 Å². The van der Waals surface area contributed by atoms with E-state index in [-0.39, 0.29) is 11.8 Å². The van der Waals surface area contributed by atoms with Gasteiger partial charge in [0.05, 0.1) is 12.5 Å². The van der Waals surface area contributed by atoms with Crippen LogP contribution in [0.2, 0.25) is 0 Å². The third-order valence-corrected chi connectivity index (χ3v) is 3.74. The predicted molar refractivity (Wildman–Crippen MR) is 77.9 cm³/mol. The fourth-order valence-electron chi connectivity index (χ4n) is 2.40. The number of carbonyl (C=O) groups excluding carboxylic acids is 1. The highest BCUT2D eigenvalue weighted by molar-refractivity contribution is 5.82. The Labute approximate surface area is 120 Å². The number of nitrogens with two attached hydrogens (primary N) is 1. The molecule has 1 amide bonds. The number of nitrogens with one attached hydrogen (secondary N) is 1. The molecular weight excluding hydrogens is 254 g/mol. The molecule has 1 aromatic carbocycles. The third kappa shape index (κ3) is 4.03. The smallest absolute Gasteiger partial charge is 0.241 e. The van der Waals surface area contributed by atoms with Crippen molar-refractivity contribution in [2.75, 3.05) is 26.3 Å². The standard InChI is InChI=1S/C15H23N3O2/c1-12(15(19)17-16)14-5-3-13(4-6-14)11-18-7-2-9-20-10-8-18/h3-6,12H,2,7-11,16H2,1H3,(H,17,19). The van der Waals surface area contributed by atoms with E-state index in [1.54, 1.807) is 0 Å². The molecule has 5 heteroatoms. The topological polar surface area (TPSA) is 67.6 Å². The summed E-state index contributed by atoms with van der Waals surface area (Å²) in [6.07, 6.45) is 1.09. The SMILES string of the molecule is CC(C(=O)NN)c1ccc(CN2CCCOCC2)cc1. The summed E-state index contributed by atoms with van der Waals surface area (Å²) in [5, 5.41) is 0. The number of nitrogens with zero attached hydrogens (tertiary/aromatic N) is 1. The van der Waals surface area contributed by atoms with E-state index in [1.165, 1.54) is 5.56 Å². The Morgan fingerprint density at radius 2 is 2.10 bits per heavy atom. The van der Waals surface area contributed by atoms with Gasteiger partial charge in [-0.05, 0) is 24.5 Å². The van der Waals surface area contributed by atoms with E-state index < -0.39 is 0 Å². The van der Waals surface area contributed by atoms with Crippen LogP contribution in [0.25, 0.3) is 0 Å². The number of rotatable bonds is 4. The molecule has 0 aromatic heterocycles. The molecular formula is C15H23N3O2. The van der Waals surface area contributed by atoms with Gasteiger partial charge < -0.3 is 4.74 Å².